The Bertz CT molecular complexity index is 1270. The van der Waals surface area contributed by atoms with E-state index in [0.717, 1.165) is 22.2 Å². The minimum absolute atomic E-state index is 0.172. The number of fused-ring (bicyclic) bond motifs is 3. The molecule has 1 aliphatic carbocycles. The maximum Gasteiger partial charge on any atom is 0.192 e. The van der Waals surface area contributed by atoms with Crippen molar-refractivity contribution in [2.75, 3.05) is 0 Å². The monoisotopic (exact) mass is 436 g/mol. The van der Waals surface area contributed by atoms with Gasteiger partial charge in [0.15, 0.2) is 18.1 Å². The summed E-state index contributed by atoms with van der Waals surface area (Å²) in [6.45, 7) is 4.51. The molecule has 7 nitrogen and oxygen atoms in total. The Morgan fingerprint density at radius 3 is 2.77 bits per heavy atom. The van der Waals surface area contributed by atoms with E-state index in [0.29, 0.717) is 16.9 Å². The third kappa shape index (κ3) is 3.67. The van der Waals surface area contributed by atoms with E-state index in [1.165, 1.54) is 43.4 Å². The molecule has 4 aromatic rings. The molecule has 0 spiro atoms. The normalized spacial score (nSPS) is 15.5. The first-order chi connectivity index (χ1) is 15.1. The standard InChI is InChI=1S/C23H25ClN6O/c1-15-16(2)30(18-9-4-3-5-10-18)22-21(15)23-27-20(28-29(23)14-25-22)13-31-26-12-17-8-6-7-11-19(17)24/h6-8,11-12,14,18H,3-5,9-10,13H2,1-2H3/b26-12+. The van der Waals surface area contributed by atoms with Gasteiger partial charge in [-0.25, -0.2) is 14.5 Å². The van der Waals surface area contributed by atoms with E-state index in [2.05, 4.69) is 28.7 Å². The summed E-state index contributed by atoms with van der Waals surface area (Å²) in [7, 11) is 0. The zero-order valence-corrected chi connectivity index (χ0v) is 18.5. The van der Waals surface area contributed by atoms with E-state index in [-0.39, 0.29) is 6.61 Å². The van der Waals surface area contributed by atoms with Crippen LogP contribution in [0.1, 0.15) is 60.8 Å². The molecular formula is C23H25ClN6O. The number of halogens is 1. The summed E-state index contributed by atoms with van der Waals surface area (Å²) in [5.41, 5.74) is 5.11. The summed E-state index contributed by atoms with van der Waals surface area (Å²) in [5, 5.41) is 10.2. The average molecular weight is 437 g/mol. The van der Waals surface area contributed by atoms with Gasteiger partial charge in [-0.2, -0.15) is 0 Å². The molecule has 0 N–H and O–H groups in total. The lowest BCUT2D eigenvalue weighted by atomic mass is 9.95. The van der Waals surface area contributed by atoms with Crippen molar-refractivity contribution < 1.29 is 4.84 Å². The second kappa shape index (κ2) is 8.30. The molecule has 0 bridgehead atoms. The van der Waals surface area contributed by atoms with E-state index in [1.54, 1.807) is 17.1 Å². The Balaban J connectivity index is 1.43. The van der Waals surface area contributed by atoms with Crippen LogP contribution < -0.4 is 0 Å². The fourth-order valence-corrected chi connectivity index (χ4v) is 4.73. The molecule has 0 radical (unpaired) electrons. The molecule has 31 heavy (non-hydrogen) atoms. The molecule has 0 unspecified atom stereocenters. The highest BCUT2D eigenvalue weighted by Crippen LogP contribution is 2.35. The fourth-order valence-electron chi connectivity index (χ4n) is 4.55. The molecular weight excluding hydrogens is 412 g/mol. The van der Waals surface area contributed by atoms with Crippen molar-refractivity contribution in [1.82, 2.24) is 24.1 Å². The van der Waals surface area contributed by atoms with Crippen molar-refractivity contribution in [1.29, 1.82) is 0 Å². The van der Waals surface area contributed by atoms with E-state index < -0.39 is 0 Å². The summed E-state index contributed by atoms with van der Waals surface area (Å²) < 4.78 is 4.15. The van der Waals surface area contributed by atoms with Crippen LogP contribution >= 0.6 is 11.6 Å². The first kappa shape index (κ1) is 20.0. The molecule has 0 amide bonds. The van der Waals surface area contributed by atoms with Crippen LogP contribution in [0.3, 0.4) is 0 Å². The van der Waals surface area contributed by atoms with Crippen LogP contribution in [0.15, 0.2) is 35.7 Å². The van der Waals surface area contributed by atoms with Gasteiger partial charge in [-0.3, -0.25) is 0 Å². The van der Waals surface area contributed by atoms with Crippen molar-refractivity contribution in [2.45, 2.75) is 58.6 Å². The van der Waals surface area contributed by atoms with Crippen molar-refractivity contribution in [3.63, 3.8) is 0 Å². The predicted molar refractivity (Wildman–Crippen MR) is 122 cm³/mol. The van der Waals surface area contributed by atoms with Crippen molar-refractivity contribution in [3.8, 4) is 0 Å². The predicted octanol–water partition coefficient (Wildman–Crippen LogP) is 5.41. The summed E-state index contributed by atoms with van der Waals surface area (Å²) in [6, 6.07) is 7.99. The van der Waals surface area contributed by atoms with Gasteiger partial charge in [0.2, 0.25) is 0 Å². The van der Waals surface area contributed by atoms with Gasteiger partial charge in [-0.1, -0.05) is 54.2 Å². The Kier molecular flexibility index (Phi) is 5.36. The van der Waals surface area contributed by atoms with Gasteiger partial charge in [0.25, 0.3) is 0 Å². The lowest BCUT2D eigenvalue weighted by Crippen LogP contribution is -2.14. The molecule has 3 heterocycles. The van der Waals surface area contributed by atoms with Crippen molar-refractivity contribution in [3.05, 3.63) is 58.3 Å². The van der Waals surface area contributed by atoms with Gasteiger partial charge in [-0.15, -0.1) is 5.10 Å². The average Bonchev–Trinajstić information content (AvgIpc) is 3.31. The minimum atomic E-state index is 0.172. The van der Waals surface area contributed by atoms with Gasteiger partial charge in [0, 0.05) is 22.3 Å². The first-order valence-corrected chi connectivity index (χ1v) is 11.1. The molecule has 160 valence electrons. The number of hydrogen-bond acceptors (Lipinski definition) is 5. The molecule has 3 aromatic heterocycles. The number of rotatable bonds is 5. The Morgan fingerprint density at radius 2 is 1.97 bits per heavy atom. The molecule has 8 heteroatoms. The van der Waals surface area contributed by atoms with Gasteiger partial charge < -0.3 is 9.40 Å². The van der Waals surface area contributed by atoms with Gasteiger partial charge >= 0.3 is 0 Å². The summed E-state index contributed by atoms with van der Waals surface area (Å²) in [5.74, 6) is 0.563. The second-order valence-corrected chi connectivity index (χ2v) is 8.55. The van der Waals surface area contributed by atoms with E-state index >= 15 is 0 Å². The number of nitrogens with zero attached hydrogens (tertiary/aromatic N) is 6. The van der Waals surface area contributed by atoms with Crippen molar-refractivity contribution >= 4 is 34.5 Å². The number of benzene rings is 1. The largest absolute Gasteiger partial charge is 0.387 e. The highest BCUT2D eigenvalue weighted by Gasteiger charge is 2.24. The Hall–Kier alpha value is -2.93. The van der Waals surface area contributed by atoms with Crippen LogP contribution in [-0.4, -0.2) is 30.4 Å². The topological polar surface area (TPSA) is 69.6 Å². The van der Waals surface area contributed by atoms with Gasteiger partial charge in [-0.05, 0) is 38.3 Å². The lowest BCUT2D eigenvalue weighted by molar-refractivity contribution is 0.126. The number of oxime groups is 1. The van der Waals surface area contributed by atoms with Crippen LogP contribution in [0.2, 0.25) is 5.02 Å². The van der Waals surface area contributed by atoms with E-state index in [9.17, 15) is 0 Å². The molecule has 1 saturated carbocycles. The van der Waals surface area contributed by atoms with Gasteiger partial charge in [0.05, 0.1) is 11.6 Å². The quantitative estimate of drug-likeness (QED) is 0.310. The second-order valence-electron chi connectivity index (χ2n) is 8.14. The van der Waals surface area contributed by atoms with E-state index in [1.807, 2.05) is 24.3 Å². The number of aryl methyl sites for hydroxylation is 1. The molecule has 5 rings (SSSR count). The SMILES string of the molecule is Cc1c(C)n(C2CCCCC2)c2ncn3nc(CO/N=C/c4ccccc4Cl)nc3c12. The highest BCUT2D eigenvalue weighted by atomic mass is 35.5. The van der Waals surface area contributed by atoms with Crippen molar-refractivity contribution in [2.24, 2.45) is 5.16 Å². The molecule has 0 saturated heterocycles. The van der Waals surface area contributed by atoms with Crippen LogP contribution in [0, 0.1) is 13.8 Å². The smallest absolute Gasteiger partial charge is 0.192 e. The van der Waals surface area contributed by atoms with Crippen LogP contribution in [0.25, 0.3) is 16.7 Å². The summed E-state index contributed by atoms with van der Waals surface area (Å²) in [6.07, 6.45) is 9.67. The number of aromatic nitrogens is 5. The van der Waals surface area contributed by atoms with Crippen LogP contribution in [-0.2, 0) is 11.4 Å². The van der Waals surface area contributed by atoms with E-state index in [4.69, 9.17) is 26.4 Å². The fraction of sp³-hybridized carbons (Fsp3) is 0.391. The molecule has 1 fully saturated rings. The third-order valence-electron chi connectivity index (χ3n) is 6.22. The number of hydrogen-bond donors (Lipinski definition) is 0. The minimum Gasteiger partial charge on any atom is -0.387 e. The first-order valence-electron chi connectivity index (χ1n) is 10.7. The Morgan fingerprint density at radius 1 is 1.16 bits per heavy atom. The third-order valence-corrected chi connectivity index (χ3v) is 6.57. The highest BCUT2D eigenvalue weighted by molar-refractivity contribution is 6.33. The summed E-state index contributed by atoms with van der Waals surface area (Å²) in [4.78, 5) is 14.9. The molecule has 1 aromatic carbocycles. The zero-order chi connectivity index (χ0) is 21.4. The van der Waals surface area contributed by atoms with Crippen LogP contribution in [0.4, 0.5) is 0 Å². The van der Waals surface area contributed by atoms with Gasteiger partial charge in [0.1, 0.15) is 12.0 Å². The lowest BCUT2D eigenvalue weighted by Gasteiger charge is -2.25. The summed E-state index contributed by atoms with van der Waals surface area (Å²) >= 11 is 6.13. The molecule has 1 aliphatic rings. The molecule has 0 atom stereocenters. The zero-order valence-electron chi connectivity index (χ0n) is 17.8. The molecule has 0 aliphatic heterocycles. The van der Waals surface area contributed by atoms with Crippen LogP contribution in [0.5, 0.6) is 0 Å². The maximum atomic E-state index is 6.13. The maximum absolute atomic E-state index is 6.13. The Labute approximate surface area is 185 Å².